The molecule has 6 heteroatoms. The lowest BCUT2D eigenvalue weighted by Gasteiger charge is -2.33. The van der Waals surface area contributed by atoms with Gasteiger partial charge >= 0.3 is 0 Å². The molecule has 1 fully saturated rings. The number of halogens is 6. The van der Waals surface area contributed by atoms with Crippen molar-refractivity contribution in [3.63, 3.8) is 0 Å². The zero-order valence-electron chi connectivity index (χ0n) is 10.6. The molecule has 0 unspecified atom stereocenters. The van der Waals surface area contributed by atoms with Crippen LogP contribution in [0.2, 0.25) is 0 Å². The first-order valence-electron chi connectivity index (χ1n) is 6.55. The molecule has 0 aliphatic heterocycles. The summed E-state index contributed by atoms with van der Waals surface area (Å²) in [6.45, 7) is 2.18. The number of allylic oxidation sites excluding steroid dienone is 2. The minimum Gasteiger partial charge on any atom is -0.110 e. The van der Waals surface area contributed by atoms with Gasteiger partial charge in [-0.2, -0.15) is 0 Å². The second-order valence-electron chi connectivity index (χ2n) is 5.47. The summed E-state index contributed by atoms with van der Waals surface area (Å²) in [5, 5.41) is 0.628. The van der Waals surface area contributed by atoms with E-state index >= 15 is 0 Å². The van der Waals surface area contributed by atoms with Crippen molar-refractivity contribution >= 4 is 69.6 Å². The predicted octanol–water partition coefficient (Wildman–Crippen LogP) is 6.81. The summed E-state index contributed by atoms with van der Waals surface area (Å²) in [4.78, 5) is -2.10. The molecule has 0 aromatic rings. The van der Waals surface area contributed by atoms with Crippen LogP contribution in [0, 0.1) is 5.92 Å². The molecule has 110 valence electrons. The molecule has 2 aliphatic carbocycles. The monoisotopic (exact) mass is 382 g/mol. The van der Waals surface area contributed by atoms with E-state index in [9.17, 15) is 0 Å². The molecule has 0 aromatic heterocycles. The fraction of sp³-hybridized carbons (Fsp3) is 0.846. The molecule has 0 aromatic carbocycles. The normalized spacial score (nSPS) is 40.3. The third-order valence-corrected chi connectivity index (χ3v) is 8.64. The number of alkyl halides is 4. The highest BCUT2D eigenvalue weighted by Crippen LogP contribution is 2.74. The summed E-state index contributed by atoms with van der Waals surface area (Å²) in [5.74, 6) is 0.0634. The Morgan fingerprint density at radius 2 is 1.63 bits per heavy atom. The third kappa shape index (κ3) is 2.16. The lowest BCUT2D eigenvalue weighted by molar-refractivity contribution is 0.409. The maximum absolute atomic E-state index is 6.68. The van der Waals surface area contributed by atoms with Gasteiger partial charge in [0.05, 0.1) is 10.1 Å². The predicted molar refractivity (Wildman–Crippen MR) is 87.2 cm³/mol. The van der Waals surface area contributed by atoms with Gasteiger partial charge in [-0.3, -0.25) is 0 Å². The average Bonchev–Trinajstić information content (AvgIpc) is 2.57. The van der Waals surface area contributed by atoms with Crippen LogP contribution in [0.25, 0.3) is 0 Å². The Morgan fingerprint density at radius 3 is 2.11 bits per heavy atom. The smallest absolute Gasteiger partial charge is 0.110 e. The number of unbranched alkanes of at least 4 members (excludes halogenated alkanes) is 3. The second-order valence-corrected chi connectivity index (χ2v) is 8.79. The van der Waals surface area contributed by atoms with Gasteiger partial charge in [-0.05, 0) is 18.8 Å². The van der Waals surface area contributed by atoms with E-state index in [1.165, 1.54) is 19.3 Å². The summed E-state index contributed by atoms with van der Waals surface area (Å²) >= 11 is 38.5. The first kappa shape index (κ1) is 16.8. The number of fused-ring (bicyclic) bond motifs is 2. The van der Waals surface area contributed by atoms with Gasteiger partial charge in [-0.25, -0.2) is 0 Å². The largest absolute Gasteiger partial charge is 0.166 e. The second kappa shape index (κ2) is 5.60. The summed E-state index contributed by atoms with van der Waals surface area (Å²) < 4.78 is -1.35. The van der Waals surface area contributed by atoms with Crippen molar-refractivity contribution in [2.75, 3.05) is 0 Å². The fourth-order valence-corrected chi connectivity index (χ4v) is 6.03. The van der Waals surface area contributed by atoms with Crippen LogP contribution < -0.4 is 0 Å². The highest BCUT2D eigenvalue weighted by Gasteiger charge is 2.77. The van der Waals surface area contributed by atoms with Gasteiger partial charge in [0, 0.05) is 0 Å². The SMILES string of the molecule is CCCCCC[C@H]1C[C@@]2(Cl)C(Cl)=C(Cl)[C@]1(Cl)C2(Cl)Cl. The maximum atomic E-state index is 6.68. The van der Waals surface area contributed by atoms with Gasteiger partial charge < -0.3 is 0 Å². The summed E-state index contributed by atoms with van der Waals surface area (Å²) in [5.41, 5.74) is 0. The van der Waals surface area contributed by atoms with Crippen molar-refractivity contribution in [2.24, 2.45) is 5.92 Å². The van der Waals surface area contributed by atoms with E-state index in [1.807, 2.05) is 0 Å². The fourth-order valence-electron chi connectivity index (χ4n) is 3.15. The van der Waals surface area contributed by atoms with Crippen LogP contribution in [0.3, 0.4) is 0 Å². The molecule has 0 nitrogen and oxygen atoms in total. The van der Waals surface area contributed by atoms with E-state index in [-0.39, 0.29) is 5.92 Å². The van der Waals surface area contributed by atoms with E-state index in [1.54, 1.807) is 0 Å². The minimum atomic E-state index is -1.35. The van der Waals surface area contributed by atoms with Gasteiger partial charge in [0.15, 0.2) is 4.33 Å². The Labute approximate surface area is 144 Å². The lowest BCUT2D eigenvalue weighted by Crippen LogP contribution is -2.44. The summed E-state index contributed by atoms with van der Waals surface area (Å²) in [6.07, 6.45) is 6.14. The Bertz CT molecular complexity index is 404. The number of hydrogen-bond donors (Lipinski definition) is 0. The first-order chi connectivity index (χ1) is 8.73. The molecule has 0 amide bonds. The van der Waals surface area contributed by atoms with Crippen molar-refractivity contribution < 1.29 is 0 Å². The Hall–Kier alpha value is 1.48. The third-order valence-electron chi connectivity index (χ3n) is 4.31. The highest BCUT2D eigenvalue weighted by atomic mass is 35.5. The van der Waals surface area contributed by atoms with Gasteiger partial charge in [-0.15, -0.1) is 23.2 Å². The average molecular weight is 385 g/mol. The van der Waals surface area contributed by atoms with E-state index in [4.69, 9.17) is 69.6 Å². The van der Waals surface area contributed by atoms with Crippen molar-refractivity contribution in [3.8, 4) is 0 Å². The molecule has 0 heterocycles. The topological polar surface area (TPSA) is 0 Å². The van der Waals surface area contributed by atoms with Crippen LogP contribution in [-0.2, 0) is 0 Å². The van der Waals surface area contributed by atoms with Crippen molar-refractivity contribution in [1.82, 2.24) is 0 Å². The van der Waals surface area contributed by atoms with Crippen LogP contribution in [0.4, 0.5) is 0 Å². The summed E-state index contributed by atoms with van der Waals surface area (Å²) in [6, 6.07) is 0. The van der Waals surface area contributed by atoms with E-state index in [2.05, 4.69) is 6.92 Å². The molecule has 0 N–H and O–H groups in total. The molecule has 2 aliphatic rings. The molecule has 3 atom stereocenters. The minimum absolute atomic E-state index is 0.0634. The number of hydrogen-bond acceptors (Lipinski definition) is 0. The van der Waals surface area contributed by atoms with Crippen molar-refractivity contribution in [1.29, 1.82) is 0 Å². The Kier molecular flexibility index (Phi) is 4.96. The van der Waals surface area contributed by atoms with Crippen LogP contribution in [0.1, 0.15) is 45.4 Å². The zero-order chi connectivity index (χ0) is 14.5. The molecule has 2 bridgehead atoms. The van der Waals surface area contributed by atoms with Crippen LogP contribution in [0.15, 0.2) is 10.1 Å². The van der Waals surface area contributed by atoms with E-state index in [0.717, 1.165) is 12.8 Å². The molecular weight excluding hydrogens is 369 g/mol. The number of rotatable bonds is 5. The zero-order valence-corrected chi connectivity index (χ0v) is 15.1. The first-order valence-corrected chi connectivity index (χ1v) is 8.82. The lowest BCUT2D eigenvalue weighted by atomic mass is 9.87. The molecule has 1 saturated carbocycles. The van der Waals surface area contributed by atoms with Gasteiger partial charge in [0.25, 0.3) is 0 Å². The molecular formula is C13H16Cl6. The highest BCUT2D eigenvalue weighted by molar-refractivity contribution is 6.65. The van der Waals surface area contributed by atoms with Crippen LogP contribution >= 0.6 is 69.6 Å². The molecule has 0 spiro atoms. The van der Waals surface area contributed by atoms with Crippen molar-refractivity contribution in [3.05, 3.63) is 10.1 Å². The van der Waals surface area contributed by atoms with Crippen molar-refractivity contribution in [2.45, 2.75) is 59.5 Å². The summed E-state index contributed by atoms with van der Waals surface area (Å²) in [7, 11) is 0. The standard InChI is InChI=1S/C13H16Cl6/c1-2-3-4-5-6-8-7-11(16)9(14)10(15)12(8,17)13(11,18)19/h8H,2-7H2,1H3/t8-,11+,12-/m0/s1. The van der Waals surface area contributed by atoms with E-state index < -0.39 is 14.1 Å². The maximum Gasteiger partial charge on any atom is 0.166 e. The quantitative estimate of drug-likeness (QED) is 0.360. The van der Waals surface area contributed by atoms with Gasteiger partial charge in [0.2, 0.25) is 0 Å². The van der Waals surface area contributed by atoms with Crippen LogP contribution in [-0.4, -0.2) is 14.1 Å². The van der Waals surface area contributed by atoms with Crippen LogP contribution in [0.5, 0.6) is 0 Å². The van der Waals surface area contributed by atoms with E-state index in [0.29, 0.717) is 16.5 Å². The molecule has 0 saturated heterocycles. The molecule has 2 rings (SSSR count). The Balaban J connectivity index is 2.19. The van der Waals surface area contributed by atoms with Gasteiger partial charge in [0.1, 0.15) is 9.75 Å². The molecule has 0 radical (unpaired) electrons. The molecule has 19 heavy (non-hydrogen) atoms. The Morgan fingerprint density at radius 1 is 1.00 bits per heavy atom. The van der Waals surface area contributed by atoms with Gasteiger partial charge in [-0.1, -0.05) is 79.0 Å².